The zero-order valence-corrected chi connectivity index (χ0v) is 11.7. The fourth-order valence-corrected chi connectivity index (χ4v) is 2.30. The van der Waals surface area contributed by atoms with Crippen molar-refractivity contribution in [2.75, 3.05) is 12.4 Å². The third kappa shape index (κ3) is 3.42. The minimum absolute atomic E-state index is 0.108. The highest BCUT2D eigenvalue weighted by Crippen LogP contribution is 2.24. The first kappa shape index (κ1) is 14.7. The quantitative estimate of drug-likeness (QED) is 0.532. The highest BCUT2D eigenvalue weighted by Gasteiger charge is 2.15. The second-order valence-corrected chi connectivity index (χ2v) is 4.98. The Balaban J connectivity index is 2.15. The van der Waals surface area contributed by atoms with E-state index >= 15 is 0 Å². The number of amides is 1. The van der Waals surface area contributed by atoms with E-state index in [1.54, 1.807) is 18.2 Å². The molecule has 0 saturated carbocycles. The van der Waals surface area contributed by atoms with Gasteiger partial charge in [-0.25, -0.2) is 4.79 Å². The van der Waals surface area contributed by atoms with Crippen LogP contribution < -0.4 is 5.32 Å². The van der Waals surface area contributed by atoms with Crippen LogP contribution in [0, 0.1) is 10.1 Å². The van der Waals surface area contributed by atoms with Gasteiger partial charge in [0, 0.05) is 11.8 Å². The van der Waals surface area contributed by atoms with Crippen molar-refractivity contribution < 1.29 is 19.2 Å². The predicted molar refractivity (Wildman–Crippen MR) is 76.7 cm³/mol. The summed E-state index contributed by atoms with van der Waals surface area (Å²) in [6.45, 7) is 0. The van der Waals surface area contributed by atoms with Gasteiger partial charge in [0.2, 0.25) is 0 Å². The summed E-state index contributed by atoms with van der Waals surface area (Å²) >= 11 is 0.781. The summed E-state index contributed by atoms with van der Waals surface area (Å²) in [6.07, 6.45) is 0. The smallest absolute Gasteiger partial charge is 0.337 e. The van der Waals surface area contributed by atoms with Crippen LogP contribution in [-0.4, -0.2) is 23.9 Å². The molecule has 21 heavy (non-hydrogen) atoms. The molecule has 1 amide bonds. The number of carbonyl (C=O) groups excluding carboxylic acids is 2. The molecule has 0 aliphatic carbocycles. The SMILES string of the molecule is COC(=O)c1cccc(NC(=O)c2ccc([N+](=O)[O-])s2)c1. The number of anilines is 1. The van der Waals surface area contributed by atoms with E-state index < -0.39 is 16.8 Å². The maximum Gasteiger partial charge on any atom is 0.337 e. The minimum Gasteiger partial charge on any atom is -0.465 e. The Hall–Kier alpha value is -2.74. The van der Waals surface area contributed by atoms with E-state index in [0.29, 0.717) is 11.3 Å². The fourth-order valence-electron chi connectivity index (χ4n) is 1.58. The van der Waals surface area contributed by atoms with Crippen LogP contribution in [0.3, 0.4) is 0 Å². The lowest BCUT2D eigenvalue weighted by molar-refractivity contribution is -0.380. The van der Waals surface area contributed by atoms with Gasteiger partial charge < -0.3 is 10.1 Å². The number of ether oxygens (including phenoxy) is 1. The number of nitro groups is 1. The number of hydrogen-bond donors (Lipinski definition) is 1. The number of carbonyl (C=O) groups is 2. The molecule has 8 heteroatoms. The summed E-state index contributed by atoms with van der Waals surface area (Å²) < 4.78 is 4.59. The van der Waals surface area contributed by atoms with Crippen LogP contribution in [0.1, 0.15) is 20.0 Å². The van der Waals surface area contributed by atoms with Crippen LogP contribution in [0.15, 0.2) is 36.4 Å². The van der Waals surface area contributed by atoms with E-state index in [0.717, 1.165) is 11.3 Å². The van der Waals surface area contributed by atoms with Gasteiger partial charge in [0.15, 0.2) is 0 Å². The summed E-state index contributed by atoms with van der Waals surface area (Å²) in [4.78, 5) is 33.6. The third-order valence-electron chi connectivity index (χ3n) is 2.54. The molecule has 0 bridgehead atoms. The zero-order chi connectivity index (χ0) is 15.4. The van der Waals surface area contributed by atoms with Crippen molar-refractivity contribution in [3.05, 3.63) is 57.0 Å². The molecule has 1 N–H and O–H groups in total. The number of nitrogens with one attached hydrogen (secondary N) is 1. The molecule has 2 aromatic rings. The molecule has 0 fully saturated rings. The van der Waals surface area contributed by atoms with Crippen LogP contribution in [0.2, 0.25) is 0 Å². The van der Waals surface area contributed by atoms with Crippen LogP contribution in [-0.2, 0) is 4.74 Å². The molecule has 0 aliphatic heterocycles. The zero-order valence-electron chi connectivity index (χ0n) is 10.9. The van der Waals surface area contributed by atoms with Crippen LogP contribution in [0.25, 0.3) is 0 Å². The van der Waals surface area contributed by atoms with Gasteiger partial charge in [-0.2, -0.15) is 0 Å². The molecule has 0 unspecified atom stereocenters. The average molecular weight is 306 g/mol. The average Bonchev–Trinajstić information content (AvgIpc) is 2.97. The molecule has 1 aromatic heterocycles. The van der Waals surface area contributed by atoms with Crippen molar-refractivity contribution in [3.63, 3.8) is 0 Å². The summed E-state index contributed by atoms with van der Waals surface area (Å²) in [5, 5.41) is 13.0. The molecule has 0 spiro atoms. The first-order valence-corrected chi connectivity index (χ1v) is 6.57. The van der Waals surface area contributed by atoms with Gasteiger partial charge in [0.1, 0.15) is 0 Å². The number of thiophene rings is 1. The van der Waals surface area contributed by atoms with Crippen molar-refractivity contribution in [1.29, 1.82) is 0 Å². The van der Waals surface area contributed by atoms with Crippen LogP contribution in [0.5, 0.6) is 0 Å². The Morgan fingerprint density at radius 2 is 2.05 bits per heavy atom. The first-order chi connectivity index (χ1) is 10.0. The second kappa shape index (κ2) is 6.14. The molecular formula is C13H10N2O5S. The standard InChI is InChI=1S/C13H10N2O5S/c1-20-13(17)8-3-2-4-9(7-8)14-12(16)10-5-6-11(21-10)15(18)19/h2-7H,1H3,(H,14,16). The van der Waals surface area contributed by atoms with Crippen molar-refractivity contribution in [1.82, 2.24) is 0 Å². The topological polar surface area (TPSA) is 98.5 Å². The van der Waals surface area contributed by atoms with Gasteiger partial charge in [-0.3, -0.25) is 14.9 Å². The molecule has 7 nitrogen and oxygen atoms in total. The van der Waals surface area contributed by atoms with Crippen LogP contribution >= 0.6 is 11.3 Å². The van der Waals surface area contributed by atoms with Gasteiger partial charge in [0.25, 0.3) is 5.91 Å². The van der Waals surface area contributed by atoms with Gasteiger partial charge in [-0.05, 0) is 24.3 Å². The lowest BCUT2D eigenvalue weighted by Crippen LogP contribution is -2.11. The van der Waals surface area contributed by atoms with Crippen molar-refractivity contribution in [2.24, 2.45) is 0 Å². The summed E-state index contributed by atoms with van der Waals surface area (Å²) in [6, 6.07) is 8.86. The monoisotopic (exact) mass is 306 g/mol. The Kier molecular flexibility index (Phi) is 4.29. The molecule has 1 heterocycles. The predicted octanol–water partition coefficient (Wildman–Crippen LogP) is 2.70. The highest BCUT2D eigenvalue weighted by molar-refractivity contribution is 7.17. The number of hydrogen-bond acceptors (Lipinski definition) is 6. The summed E-state index contributed by atoms with van der Waals surface area (Å²) in [7, 11) is 1.26. The number of nitrogens with zero attached hydrogens (tertiary/aromatic N) is 1. The number of esters is 1. The lowest BCUT2D eigenvalue weighted by atomic mass is 10.2. The molecule has 0 aliphatic rings. The van der Waals surface area contributed by atoms with Crippen molar-refractivity contribution in [2.45, 2.75) is 0 Å². The maximum absolute atomic E-state index is 12.0. The highest BCUT2D eigenvalue weighted by atomic mass is 32.1. The molecule has 0 radical (unpaired) electrons. The normalized spacial score (nSPS) is 9.95. The first-order valence-electron chi connectivity index (χ1n) is 5.75. The van der Waals surface area contributed by atoms with E-state index in [4.69, 9.17) is 0 Å². The van der Waals surface area contributed by atoms with Crippen molar-refractivity contribution >= 4 is 33.9 Å². The van der Waals surface area contributed by atoms with Gasteiger partial charge in [-0.15, -0.1) is 0 Å². The minimum atomic E-state index is -0.556. The molecule has 0 atom stereocenters. The Labute approximate surface area is 123 Å². The van der Waals surface area contributed by atoms with E-state index in [2.05, 4.69) is 10.1 Å². The maximum atomic E-state index is 12.0. The van der Waals surface area contributed by atoms with Crippen LogP contribution in [0.4, 0.5) is 10.7 Å². The fraction of sp³-hybridized carbons (Fsp3) is 0.0769. The summed E-state index contributed by atoms with van der Waals surface area (Å²) in [5.41, 5.74) is 0.700. The van der Waals surface area contributed by atoms with E-state index in [1.807, 2.05) is 0 Å². The van der Waals surface area contributed by atoms with E-state index in [9.17, 15) is 19.7 Å². The molecule has 1 aromatic carbocycles. The molecule has 108 valence electrons. The van der Waals surface area contributed by atoms with Gasteiger partial charge in [0.05, 0.1) is 22.5 Å². The van der Waals surface area contributed by atoms with Gasteiger partial charge >= 0.3 is 11.0 Å². The lowest BCUT2D eigenvalue weighted by Gasteiger charge is -2.05. The number of rotatable bonds is 4. The molecule has 0 saturated heterocycles. The Bertz CT molecular complexity index is 710. The number of benzene rings is 1. The Morgan fingerprint density at radius 1 is 1.29 bits per heavy atom. The Morgan fingerprint density at radius 3 is 2.67 bits per heavy atom. The second-order valence-electron chi connectivity index (χ2n) is 3.92. The van der Waals surface area contributed by atoms with Gasteiger partial charge in [-0.1, -0.05) is 17.4 Å². The number of methoxy groups -OCH3 is 1. The third-order valence-corrected chi connectivity index (χ3v) is 3.57. The van der Waals surface area contributed by atoms with Crippen molar-refractivity contribution in [3.8, 4) is 0 Å². The molecular weight excluding hydrogens is 296 g/mol. The van der Waals surface area contributed by atoms with E-state index in [1.165, 1.54) is 25.3 Å². The summed E-state index contributed by atoms with van der Waals surface area (Å²) in [5.74, 6) is -0.993. The molecule has 2 rings (SSSR count). The largest absolute Gasteiger partial charge is 0.465 e. The van der Waals surface area contributed by atoms with E-state index in [-0.39, 0.29) is 9.88 Å².